The first kappa shape index (κ1) is 16.2. The zero-order valence-electron chi connectivity index (χ0n) is 14.6. The normalized spacial score (nSPS) is 12.5. The molecule has 0 aliphatic rings. The molecule has 0 aliphatic heterocycles. The predicted molar refractivity (Wildman–Crippen MR) is 96.1 cm³/mol. The van der Waals surface area contributed by atoms with E-state index in [-0.39, 0.29) is 6.04 Å². The highest BCUT2D eigenvalue weighted by Crippen LogP contribution is 2.33. The molecule has 6 nitrogen and oxygen atoms in total. The second-order valence-electron chi connectivity index (χ2n) is 5.87. The van der Waals surface area contributed by atoms with Gasteiger partial charge in [0.1, 0.15) is 11.0 Å². The van der Waals surface area contributed by atoms with Crippen LogP contribution in [-0.2, 0) is 0 Å². The summed E-state index contributed by atoms with van der Waals surface area (Å²) in [7, 11) is 0. The number of aryl methyl sites for hydroxylation is 1. The van der Waals surface area contributed by atoms with E-state index in [4.69, 9.17) is 15.5 Å². The summed E-state index contributed by atoms with van der Waals surface area (Å²) >= 11 is 0. The van der Waals surface area contributed by atoms with Crippen LogP contribution in [0.3, 0.4) is 0 Å². The molecule has 126 valence electrons. The van der Waals surface area contributed by atoms with Gasteiger partial charge in [-0.2, -0.15) is 5.10 Å². The molecule has 1 atom stereocenters. The zero-order chi connectivity index (χ0) is 17.3. The highest BCUT2D eigenvalue weighted by atomic mass is 16.5. The molecule has 3 aromatic rings. The lowest BCUT2D eigenvalue weighted by Gasteiger charge is -2.13. The quantitative estimate of drug-likeness (QED) is 0.773. The number of anilines is 1. The molecule has 3 aromatic heterocycles. The fourth-order valence-corrected chi connectivity index (χ4v) is 2.78. The summed E-state index contributed by atoms with van der Waals surface area (Å²) in [4.78, 5) is 9.10. The largest absolute Gasteiger partial charge is 0.477 e. The van der Waals surface area contributed by atoms with Crippen molar-refractivity contribution < 1.29 is 4.74 Å². The van der Waals surface area contributed by atoms with Gasteiger partial charge in [-0.3, -0.25) is 4.68 Å². The third-order valence-electron chi connectivity index (χ3n) is 4.19. The molecule has 24 heavy (non-hydrogen) atoms. The number of nitrogen functional groups attached to an aromatic ring is 1. The number of hydrogen-bond donors (Lipinski definition) is 1. The minimum Gasteiger partial charge on any atom is -0.477 e. The summed E-state index contributed by atoms with van der Waals surface area (Å²) in [6.45, 7) is 8.71. The van der Waals surface area contributed by atoms with Crippen LogP contribution in [0, 0.1) is 6.92 Å². The van der Waals surface area contributed by atoms with Crippen molar-refractivity contribution >= 4 is 16.7 Å². The van der Waals surface area contributed by atoms with Crippen LogP contribution < -0.4 is 10.5 Å². The number of rotatable bonds is 5. The molecular formula is C18H23N5O. The van der Waals surface area contributed by atoms with Gasteiger partial charge in [0.15, 0.2) is 0 Å². The van der Waals surface area contributed by atoms with Crippen molar-refractivity contribution in [3.8, 4) is 17.1 Å². The van der Waals surface area contributed by atoms with E-state index in [0.717, 1.165) is 34.4 Å². The van der Waals surface area contributed by atoms with Crippen molar-refractivity contribution in [1.82, 2.24) is 19.7 Å². The van der Waals surface area contributed by atoms with Gasteiger partial charge >= 0.3 is 0 Å². The van der Waals surface area contributed by atoms with Crippen LogP contribution in [0.5, 0.6) is 5.88 Å². The van der Waals surface area contributed by atoms with Gasteiger partial charge in [-0.1, -0.05) is 6.92 Å². The van der Waals surface area contributed by atoms with E-state index in [1.165, 1.54) is 0 Å². The van der Waals surface area contributed by atoms with E-state index in [0.29, 0.717) is 18.2 Å². The molecule has 0 saturated heterocycles. The molecule has 3 rings (SSSR count). The minimum atomic E-state index is 0.272. The molecule has 0 bridgehead atoms. The molecule has 0 radical (unpaired) electrons. The summed E-state index contributed by atoms with van der Waals surface area (Å²) < 4.78 is 7.60. The first-order chi connectivity index (χ1) is 11.6. The van der Waals surface area contributed by atoms with Crippen molar-refractivity contribution in [3.05, 3.63) is 30.1 Å². The van der Waals surface area contributed by atoms with Crippen LogP contribution >= 0.6 is 0 Å². The molecule has 3 heterocycles. The lowest BCUT2D eigenvalue weighted by Crippen LogP contribution is -2.07. The Morgan fingerprint density at radius 1 is 1.33 bits per heavy atom. The number of nitrogens with zero attached hydrogens (tertiary/aromatic N) is 4. The van der Waals surface area contributed by atoms with Gasteiger partial charge in [-0.25, -0.2) is 9.97 Å². The molecule has 0 amide bonds. The Morgan fingerprint density at radius 2 is 2.12 bits per heavy atom. The van der Waals surface area contributed by atoms with Crippen molar-refractivity contribution in [2.75, 3.05) is 12.3 Å². The fourth-order valence-electron chi connectivity index (χ4n) is 2.78. The lowest BCUT2D eigenvalue weighted by molar-refractivity contribution is 0.328. The predicted octanol–water partition coefficient (Wildman–Crippen LogP) is 3.75. The summed E-state index contributed by atoms with van der Waals surface area (Å²) in [5.74, 6) is 0.568. The smallest absolute Gasteiger partial charge is 0.222 e. The van der Waals surface area contributed by atoms with Crippen LogP contribution in [-0.4, -0.2) is 26.4 Å². The second-order valence-corrected chi connectivity index (χ2v) is 5.87. The van der Waals surface area contributed by atoms with E-state index < -0.39 is 0 Å². The average Bonchev–Trinajstić information content (AvgIpc) is 2.92. The molecule has 0 aromatic carbocycles. The molecule has 6 heteroatoms. The maximum Gasteiger partial charge on any atom is 0.222 e. The van der Waals surface area contributed by atoms with Gasteiger partial charge in [0.05, 0.1) is 29.2 Å². The van der Waals surface area contributed by atoms with Gasteiger partial charge in [0.2, 0.25) is 5.88 Å². The second kappa shape index (κ2) is 6.47. The Bertz CT molecular complexity index is 871. The average molecular weight is 325 g/mol. The highest BCUT2D eigenvalue weighted by Gasteiger charge is 2.18. The molecule has 0 spiro atoms. The van der Waals surface area contributed by atoms with Gasteiger partial charge in [0.25, 0.3) is 0 Å². The number of ether oxygens (including phenoxy) is 1. The van der Waals surface area contributed by atoms with Gasteiger partial charge in [-0.15, -0.1) is 0 Å². The Kier molecular flexibility index (Phi) is 4.38. The van der Waals surface area contributed by atoms with Crippen LogP contribution in [0.4, 0.5) is 5.69 Å². The van der Waals surface area contributed by atoms with E-state index in [1.54, 1.807) is 6.20 Å². The molecule has 1 unspecified atom stereocenters. The lowest BCUT2D eigenvalue weighted by atomic mass is 10.1. The Morgan fingerprint density at radius 3 is 2.83 bits per heavy atom. The van der Waals surface area contributed by atoms with Crippen LogP contribution in [0.15, 0.2) is 24.4 Å². The van der Waals surface area contributed by atoms with E-state index in [9.17, 15) is 0 Å². The Hall–Kier alpha value is -2.63. The Balaban J connectivity index is 2.21. The van der Waals surface area contributed by atoms with Crippen LogP contribution in [0.25, 0.3) is 22.3 Å². The van der Waals surface area contributed by atoms with Crippen molar-refractivity contribution in [2.24, 2.45) is 0 Å². The van der Waals surface area contributed by atoms with Crippen molar-refractivity contribution in [1.29, 1.82) is 0 Å². The summed E-state index contributed by atoms with van der Waals surface area (Å²) in [6.07, 6.45) is 2.69. The maximum atomic E-state index is 6.36. The van der Waals surface area contributed by atoms with E-state index >= 15 is 0 Å². The third-order valence-corrected chi connectivity index (χ3v) is 4.19. The maximum absolute atomic E-state index is 6.36. The molecule has 0 aliphatic carbocycles. The monoisotopic (exact) mass is 325 g/mol. The third kappa shape index (κ3) is 2.68. The molecule has 0 saturated carbocycles. The Labute approximate surface area is 141 Å². The molecular weight excluding hydrogens is 302 g/mol. The van der Waals surface area contributed by atoms with Crippen molar-refractivity contribution in [3.63, 3.8) is 0 Å². The zero-order valence-corrected chi connectivity index (χ0v) is 14.6. The minimum absolute atomic E-state index is 0.272. The van der Waals surface area contributed by atoms with Gasteiger partial charge < -0.3 is 10.5 Å². The number of aromatic nitrogens is 4. The van der Waals surface area contributed by atoms with E-state index in [2.05, 4.69) is 23.9 Å². The number of hydrogen-bond acceptors (Lipinski definition) is 5. The van der Waals surface area contributed by atoms with Gasteiger partial charge in [0, 0.05) is 12.2 Å². The fraction of sp³-hybridized carbons (Fsp3) is 0.389. The number of pyridine rings is 2. The van der Waals surface area contributed by atoms with Crippen LogP contribution in [0.1, 0.15) is 38.9 Å². The van der Waals surface area contributed by atoms with Crippen LogP contribution in [0.2, 0.25) is 0 Å². The topological polar surface area (TPSA) is 78.8 Å². The highest BCUT2D eigenvalue weighted by molar-refractivity contribution is 5.91. The number of fused-ring (bicyclic) bond motifs is 1. The van der Waals surface area contributed by atoms with Crippen molar-refractivity contribution in [2.45, 2.75) is 40.2 Å². The number of nitrogens with two attached hydrogens (primary N) is 1. The summed E-state index contributed by atoms with van der Waals surface area (Å²) in [5.41, 5.74) is 11.2. The molecule has 0 fully saturated rings. The first-order valence-corrected chi connectivity index (χ1v) is 8.30. The summed E-state index contributed by atoms with van der Waals surface area (Å²) in [6, 6.07) is 5.96. The van der Waals surface area contributed by atoms with E-state index in [1.807, 2.05) is 36.7 Å². The first-order valence-electron chi connectivity index (χ1n) is 8.30. The van der Waals surface area contributed by atoms with Gasteiger partial charge in [-0.05, 0) is 45.4 Å². The molecule has 2 N–H and O–H groups in total. The SMILES string of the molecule is CCOc1ncccc1-c1cc(N)c2c(n1)c(C)nn2C(C)CC. The summed E-state index contributed by atoms with van der Waals surface area (Å²) in [5, 5.41) is 4.64. The standard InChI is InChI=1S/C18H23N5O/c1-5-11(3)23-17-14(19)10-15(21-16(17)12(4)22-23)13-8-7-9-20-18(13)24-6-2/h7-11H,5-6H2,1-4H3,(H2,19,21).